The second-order valence-electron chi connectivity index (χ2n) is 4.32. The summed E-state index contributed by atoms with van der Waals surface area (Å²) in [6, 6.07) is 1.43. The van der Waals surface area contributed by atoms with Crippen LogP contribution in [0.2, 0.25) is 5.02 Å². The summed E-state index contributed by atoms with van der Waals surface area (Å²) in [7, 11) is -3.67. The Labute approximate surface area is 113 Å². The van der Waals surface area contributed by atoms with E-state index in [4.69, 9.17) is 16.3 Å². The molecule has 0 aliphatic rings. The average molecular weight is 293 g/mol. The molecule has 0 aromatic carbocycles. The number of sulfonamides is 1. The number of nitrogens with zero attached hydrogens (tertiary/aromatic N) is 1. The summed E-state index contributed by atoms with van der Waals surface area (Å²) in [4.78, 5) is 3.73. The van der Waals surface area contributed by atoms with E-state index in [0.29, 0.717) is 6.61 Å². The van der Waals surface area contributed by atoms with Crippen molar-refractivity contribution >= 4 is 21.6 Å². The summed E-state index contributed by atoms with van der Waals surface area (Å²) in [6.45, 7) is 6.15. The number of hydrogen-bond acceptors (Lipinski definition) is 4. The van der Waals surface area contributed by atoms with E-state index < -0.39 is 15.6 Å². The van der Waals surface area contributed by atoms with Crippen molar-refractivity contribution in [1.82, 2.24) is 9.71 Å². The number of nitrogens with one attached hydrogen (secondary N) is 1. The molecule has 1 aromatic rings. The van der Waals surface area contributed by atoms with Crippen LogP contribution in [0.4, 0.5) is 0 Å². The van der Waals surface area contributed by atoms with Gasteiger partial charge in [-0.1, -0.05) is 11.6 Å². The summed E-state index contributed by atoms with van der Waals surface area (Å²) in [5.41, 5.74) is -0.573. The first-order chi connectivity index (χ1) is 8.28. The zero-order valence-electron chi connectivity index (χ0n) is 10.6. The van der Waals surface area contributed by atoms with Crippen molar-refractivity contribution < 1.29 is 13.2 Å². The summed E-state index contributed by atoms with van der Waals surface area (Å²) in [5.74, 6) is 0. The van der Waals surface area contributed by atoms with E-state index in [0.717, 1.165) is 0 Å². The summed E-state index contributed by atoms with van der Waals surface area (Å²) in [5, 5.41) is 0.145. The van der Waals surface area contributed by atoms with Crippen molar-refractivity contribution in [3.63, 3.8) is 0 Å². The number of hydrogen-bond donors (Lipinski definition) is 1. The van der Waals surface area contributed by atoms with Gasteiger partial charge >= 0.3 is 0 Å². The zero-order chi connectivity index (χ0) is 13.8. The van der Waals surface area contributed by atoms with Crippen LogP contribution in [0.15, 0.2) is 23.4 Å². The minimum Gasteiger partial charge on any atom is -0.375 e. The predicted octanol–water partition coefficient (Wildman–Crippen LogP) is 1.83. The molecule has 1 aromatic heterocycles. The lowest BCUT2D eigenvalue weighted by molar-refractivity contribution is -0.00515. The maximum Gasteiger partial charge on any atom is 0.243 e. The van der Waals surface area contributed by atoms with E-state index in [-0.39, 0.29) is 16.5 Å². The van der Waals surface area contributed by atoms with Gasteiger partial charge in [0.15, 0.2) is 0 Å². The molecule has 1 N–H and O–H groups in total. The van der Waals surface area contributed by atoms with Gasteiger partial charge in [-0.05, 0) is 26.8 Å². The number of rotatable bonds is 6. The van der Waals surface area contributed by atoms with Crippen LogP contribution in [0.3, 0.4) is 0 Å². The Balaban J connectivity index is 2.81. The predicted molar refractivity (Wildman–Crippen MR) is 70.1 cm³/mol. The first kappa shape index (κ1) is 15.4. The lowest BCUT2D eigenvalue weighted by Gasteiger charge is -2.24. The van der Waals surface area contributed by atoms with E-state index in [1.807, 2.05) is 20.8 Å². The maximum atomic E-state index is 12.0. The Bertz CT molecular complexity index is 503. The fraction of sp³-hybridized carbons (Fsp3) is 0.545. The Morgan fingerprint density at radius 2 is 2.17 bits per heavy atom. The van der Waals surface area contributed by atoms with Crippen LogP contribution >= 0.6 is 11.6 Å². The largest absolute Gasteiger partial charge is 0.375 e. The third-order valence-corrected chi connectivity index (χ3v) is 4.12. The molecule has 0 amide bonds. The normalized spacial score (nSPS) is 12.7. The van der Waals surface area contributed by atoms with E-state index in [1.165, 1.54) is 18.5 Å². The van der Waals surface area contributed by atoms with E-state index in [1.54, 1.807) is 0 Å². The molecule has 1 heterocycles. The van der Waals surface area contributed by atoms with Crippen LogP contribution < -0.4 is 4.72 Å². The monoisotopic (exact) mass is 292 g/mol. The van der Waals surface area contributed by atoms with Crippen LogP contribution in [0.1, 0.15) is 20.8 Å². The van der Waals surface area contributed by atoms with Crippen molar-refractivity contribution in [1.29, 1.82) is 0 Å². The summed E-state index contributed by atoms with van der Waals surface area (Å²) >= 11 is 5.83. The van der Waals surface area contributed by atoms with Gasteiger partial charge in [-0.2, -0.15) is 0 Å². The molecule has 0 saturated carbocycles. The molecule has 102 valence electrons. The molecule has 1 rings (SSSR count). The number of halogens is 1. The third kappa shape index (κ3) is 4.20. The van der Waals surface area contributed by atoms with Gasteiger partial charge in [-0.15, -0.1) is 0 Å². The topological polar surface area (TPSA) is 68.3 Å². The van der Waals surface area contributed by atoms with Crippen LogP contribution in [0, 0.1) is 0 Å². The first-order valence-electron chi connectivity index (χ1n) is 5.51. The van der Waals surface area contributed by atoms with Gasteiger partial charge in [-0.3, -0.25) is 4.98 Å². The zero-order valence-corrected chi connectivity index (χ0v) is 12.2. The van der Waals surface area contributed by atoms with E-state index in [9.17, 15) is 8.42 Å². The highest BCUT2D eigenvalue weighted by molar-refractivity contribution is 7.89. The molecule has 0 bridgehead atoms. The van der Waals surface area contributed by atoms with Crippen LogP contribution in [-0.4, -0.2) is 32.2 Å². The molecule has 0 fully saturated rings. The highest BCUT2D eigenvalue weighted by Crippen LogP contribution is 2.19. The maximum absolute atomic E-state index is 12.0. The fourth-order valence-corrected chi connectivity index (χ4v) is 2.98. The molecule has 5 nitrogen and oxygen atoms in total. The standard InChI is InChI=1S/C11H17ClN2O3S/c1-4-17-11(2,3)8-14-18(15,16)10-7-13-6-5-9(10)12/h5-7,14H,4,8H2,1-3H3. The molecule has 0 aliphatic carbocycles. The van der Waals surface area contributed by atoms with Crippen molar-refractivity contribution in [2.75, 3.05) is 13.2 Å². The quantitative estimate of drug-likeness (QED) is 0.868. The van der Waals surface area contributed by atoms with E-state index in [2.05, 4.69) is 9.71 Å². The molecule has 0 saturated heterocycles. The molecular formula is C11H17ClN2O3S. The molecule has 7 heteroatoms. The lowest BCUT2D eigenvalue weighted by atomic mass is 10.1. The molecule has 0 atom stereocenters. The Hall–Kier alpha value is -0.690. The molecule has 0 aliphatic heterocycles. The SMILES string of the molecule is CCOC(C)(C)CNS(=O)(=O)c1cnccc1Cl. The molecule has 0 radical (unpaired) electrons. The average Bonchev–Trinajstić information content (AvgIpc) is 2.27. The summed E-state index contributed by atoms with van der Waals surface area (Å²) in [6.07, 6.45) is 2.66. The van der Waals surface area contributed by atoms with E-state index >= 15 is 0 Å². The molecule has 0 spiro atoms. The highest BCUT2D eigenvalue weighted by Gasteiger charge is 2.24. The molecular weight excluding hydrogens is 276 g/mol. The number of aromatic nitrogens is 1. The molecule has 0 unspecified atom stereocenters. The Kier molecular flexibility index (Phi) is 5.10. The number of pyridine rings is 1. The van der Waals surface area contributed by atoms with Gasteiger partial charge in [0.1, 0.15) is 4.90 Å². The van der Waals surface area contributed by atoms with Crippen molar-refractivity contribution in [2.24, 2.45) is 0 Å². The minimum absolute atomic E-state index is 0.0287. The smallest absolute Gasteiger partial charge is 0.243 e. The fourth-order valence-electron chi connectivity index (χ4n) is 1.35. The highest BCUT2D eigenvalue weighted by atomic mass is 35.5. The van der Waals surface area contributed by atoms with Crippen molar-refractivity contribution in [2.45, 2.75) is 31.3 Å². The Morgan fingerprint density at radius 1 is 1.50 bits per heavy atom. The van der Waals surface area contributed by atoms with Gasteiger partial charge in [0.05, 0.1) is 10.6 Å². The number of ether oxygens (including phenoxy) is 1. The van der Waals surface area contributed by atoms with Gasteiger partial charge in [0.25, 0.3) is 0 Å². The Morgan fingerprint density at radius 3 is 2.72 bits per heavy atom. The van der Waals surface area contributed by atoms with Gasteiger partial charge in [0.2, 0.25) is 10.0 Å². The van der Waals surface area contributed by atoms with Crippen LogP contribution in [0.25, 0.3) is 0 Å². The second kappa shape index (κ2) is 5.97. The van der Waals surface area contributed by atoms with Gasteiger partial charge < -0.3 is 4.74 Å². The van der Waals surface area contributed by atoms with Crippen LogP contribution in [-0.2, 0) is 14.8 Å². The van der Waals surface area contributed by atoms with Gasteiger partial charge in [-0.25, -0.2) is 13.1 Å². The van der Waals surface area contributed by atoms with Crippen LogP contribution in [0.5, 0.6) is 0 Å². The second-order valence-corrected chi connectivity index (χ2v) is 6.47. The van der Waals surface area contributed by atoms with Gasteiger partial charge in [0, 0.05) is 25.5 Å². The van der Waals surface area contributed by atoms with Crippen molar-refractivity contribution in [3.05, 3.63) is 23.5 Å². The first-order valence-corrected chi connectivity index (χ1v) is 7.38. The summed E-state index contributed by atoms with van der Waals surface area (Å²) < 4.78 is 31.9. The molecule has 18 heavy (non-hydrogen) atoms. The third-order valence-electron chi connectivity index (χ3n) is 2.25. The van der Waals surface area contributed by atoms with Crippen molar-refractivity contribution in [3.8, 4) is 0 Å². The lowest BCUT2D eigenvalue weighted by Crippen LogP contribution is -2.40. The minimum atomic E-state index is -3.67.